The molecule has 0 spiro atoms. The van der Waals surface area contributed by atoms with Crippen molar-refractivity contribution < 1.29 is 19.9 Å². The maximum absolute atomic E-state index is 11.8. The Bertz CT molecular complexity index is 839. The van der Waals surface area contributed by atoms with Crippen LogP contribution in [0.5, 0.6) is 0 Å². The first-order valence-electron chi connectivity index (χ1n) is 8.82. The third kappa shape index (κ3) is 6.76. The predicted molar refractivity (Wildman–Crippen MR) is 105 cm³/mol. The molecule has 28 heavy (non-hydrogen) atoms. The highest BCUT2D eigenvalue weighted by Crippen LogP contribution is 2.05. The van der Waals surface area contributed by atoms with Crippen molar-refractivity contribution >= 4 is 11.9 Å². The molecule has 0 heterocycles. The van der Waals surface area contributed by atoms with Crippen LogP contribution < -0.4 is 16.1 Å². The average Bonchev–Trinajstić information content (AvgIpc) is 2.71. The fraction of sp³-hybridized carbons (Fsp3) is 0.238. The summed E-state index contributed by atoms with van der Waals surface area (Å²) in [5, 5.41) is 23.0. The molecule has 2 aromatic carbocycles. The molecule has 0 radical (unpaired) electrons. The zero-order chi connectivity index (χ0) is 20.4. The lowest BCUT2D eigenvalue weighted by atomic mass is 10.1. The molecule has 0 aliphatic rings. The van der Waals surface area contributed by atoms with Crippen molar-refractivity contribution in [2.24, 2.45) is 0 Å². The van der Waals surface area contributed by atoms with Crippen LogP contribution >= 0.6 is 0 Å². The number of urea groups is 1. The molecule has 0 aliphatic carbocycles. The van der Waals surface area contributed by atoms with Gasteiger partial charge in [0.1, 0.15) is 6.04 Å². The zero-order valence-corrected chi connectivity index (χ0v) is 15.5. The summed E-state index contributed by atoms with van der Waals surface area (Å²) < 4.78 is 0. The number of carbonyl (C=O) groups is 2. The highest BCUT2D eigenvalue weighted by Gasteiger charge is 2.25. The summed E-state index contributed by atoms with van der Waals surface area (Å²) in [6, 6.07) is 15.6. The van der Waals surface area contributed by atoms with E-state index in [0.717, 1.165) is 16.7 Å². The minimum Gasteiger partial charge on any atom is -0.391 e. The standard InChI is InChI=1S/C21H23N3O4/c1-15(25)19(20(26)24-28)23-21(27)22-14-13-18-11-9-17(10-12-18)8-7-16-5-3-2-4-6-16/h2-6,9-12,15,19,25,28H,13-14H2,1H3,(H,24,26)(H2,22,23,27)/t15-,19-/m1/s1. The van der Waals surface area contributed by atoms with E-state index in [0.29, 0.717) is 13.0 Å². The number of nitrogens with one attached hydrogen (secondary N) is 3. The van der Waals surface area contributed by atoms with Crippen LogP contribution in [0.2, 0.25) is 0 Å². The number of amides is 3. The van der Waals surface area contributed by atoms with E-state index < -0.39 is 24.1 Å². The lowest BCUT2D eigenvalue weighted by Gasteiger charge is -2.19. The van der Waals surface area contributed by atoms with E-state index in [4.69, 9.17) is 5.21 Å². The number of hydrogen-bond donors (Lipinski definition) is 5. The molecule has 0 fully saturated rings. The summed E-state index contributed by atoms with van der Waals surface area (Å²) in [6.45, 7) is 1.68. The highest BCUT2D eigenvalue weighted by molar-refractivity contribution is 5.86. The van der Waals surface area contributed by atoms with Crippen molar-refractivity contribution in [1.82, 2.24) is 16.1 Å². The molecule has 146 valence electrons. The Morgan fingerprint density at radius 3 is 2.18 bits per heavy atom. The van der Waals surface area contributed by atoms with Crippen molar-refractivity contribution in [3.05, 3.63) is 71.3 Å². The van der Waals surface area contributed by atoms with Crippen LogP contribution in [0.15, 0.2) is 54.6 Å². The molecule has 0 aromatic heterocycles. The average molecular weight is 381 g/mol. The summed E-state index contributed by atoms with van der Waals surface area (Å²) >= 11 is 0. The van der Waals surface area contributed by atoms with Gasteiger partial charge in [0.15, 0.2) is 0 Å². The van der Waals surface area contributed by atoms with Gasteiger partial charge in [-0.25, -0.2) is 10.3 Å². The predicted octanol–water partition coefficient (Wildman–Crippen LogP) is 1.18. The van der Waals surface area contributed by atoms with Gasteiger partial charge in [-0.3, -0.25) is 10.0 Å². The van der Waals surface area contributed by atoms with Gasteiger partial charge in [0.2, 0.25) is 0 Å². The van der Waals surface area contributed by atoms with E-state index in [1.54, 1.807) is 0 Å². The van der Waals surface area contributed by atoms with Crippen LogP contribution in [0.4, 0.5) is 4.79 Å². The number of hydroxylamine groups is 1. The number of aliphatic hydroxyl groups is 1. The van der Waals surface area contributed by atoms with Gasteiger partial charge in [0, 0.05) is 17.7 Å². The molecule has 2 aromatic rings. The molecule has 0 unspecified atom stereocenters. The SMILES string of the molecule is C[C@@H](O)[C@@H](NC(=O)NCCc1ccc(C#Cc2ccccc2)cc1)C(=O)NO. The van der Waals surface area contributed by atoms with Gasteiger partial charge in [-0.2, -0.15) is 0 Å². The van der Waals surface area contributed by atoms with Crippen LogP contribution in [0.3, 0.4) is 0 Å². The molecular formula is C21H23N3O4. The molecule has 3 amide bonds. The van der Waals surface area contributed by atoms with Crippen LogP contribution in [0.1, 0.15) is 23.6 Å². The summed E-state index contributed by atoms with van der Waals surface area (Å²) in [5.41, 5.74) is 4.27. The Hall–Kier alpha value is -3.34. The Balaban J connectivity index is 1.81. The van der Waals surface area contributed by atoms with Gasteiger partial charge >= 0.3 is 6.03 Å². The van der Waals surface area contributed by atoms with Gasteiger partial charge in [-0.1, -0.05) is 42.2 Å². The molecule has 7 heteroatoms. The van der Waals surface area contributed by atoms with Gasteiger partial charge in [-0.15, -0.1) is 0 Å². The van der Waals surface area contributed by atoms with E-state index in [1.165, 1.54) is 12.4 Å². The lowest BCUT2D eigenvalue weighted by molar-refractivity contribution is -0.133. The second-order valence-corrected chi connectivity index (χ2v) is 6.16. The van der Waals surface area contributed by atoms with Crippen LogP contribution in [-0.2, 0) is 11.2 Å². The summed E-state index contributed by atoms with van der Waals surface area (Å²) in [4.78, 5) is 23.2. The molecule has 7 nitrogen and oxygen atoms in total. The third-order valence-electron chi connectivity index (χ3n) is 3.94. The Kier molecular flexibility index (Phi) is 8.03. The van der Waals surface area contributed by atoms with Gasteiger partial charge in [0.05, 0.1) is 6.10 Å². The van der Waals surface area contributed by atoms with Crippen molar-refractivity contribution in [2.75, 3.05) is 6.54 Å². The molecule has 2 rings (SSSR count). The number of carbonyl (C=O) groups excluding carboxylic acids is 2. The topological polar surface area (TPSA) is 111 Å². The molecule has 0 saturated carbocycles. The van der Waals surface area contributed by atoms with Crippen molar-refractivity contribution in [2.45, 2.75) is 25.5 Å². The van der Waals surface area contributed by atoms with Crippen LogP contribution in [0.25, 0.3) is 0 Å². The first-order valence-corrected chi connectivity index (χ1v) is 8.82. The highest BCUT2D eigenvalue weighted by atomic mass is 16.5. The molecule has 5 N–H and O–H groups in total. The lowest BCUT2D eigenvalue weighted by Crippen LogP contribution is -2.54. The van der Waals surface area contributed by atoms with Crippen molar-refractivity contribution in [1.29, 1.82) is 0 Å². The maximum atomic E-state index is 11.8. The minimum absolute atomic E-state index is 0.341. The molecule has 0 aliphatic heterocycles. The number of benzene rings is 2. The number of hydrogen-bond acceptors (Lipinski definition) is 4. The first kappa shape index (κ1) is 21.0. The summed E-state index contributed by atoms with van der Waals surface area (Å²) in [5.74, 6) is 5.30. The minimum atomic E-state index is -1.24. The Morgan fingerprint density at radius 2 is 1.61 bits per heavy atom. The van der Waals surface area contributed by atoms with Crippen molar-refractivity contribution in [3.63, 3.8) is 0 Å². The van der Waals surface area contributed by atoms with E-state index in [2.05, 4.69) is 22.5 Å². The quantitative estimate of drug-likeness (QED) is 0.294. The second-order valence-electron chi connectivity index (χ2n) is 6.16. The largest absolute Gasteiger partial charge is 0.391 e. The van der Waals surface area contributed by atoms with Gasteiger partial charge in [0.25, 0.3) is 5.91 Å². The van der Waals surface area contributed by atoms with E-state index in [-0.39, 0.29) is 0 Å². The fourth-order valence-electron chi connectivity index (χ4n) is 2.41. The van der Waals surface area contributed by atoms with Crippen LogP contribution in [0, 0.1) is 11.8 Å². The Morgan fingerprint density at radius 1 is 1.00 bits per heavy atom. The Labute approximate surface area is 163 Å². The normalized spacial score (nSPS) is 12.1. The van der Waals surface area contributed by atoms with E-state index in [9.17, 15) is 14.7 Å². The summed E-state index contributed by atoms with van der Waals surface area (Å²) in [7, 11) is 0. The monoisotopic (exact) mass is 381 g/mol. The molecule has 2 atom stereocenters. The molecular weight excluding hydrogens is 358 g/mol. The second kappa shape index (κ2) is 10.7. The molecule has 0 saturated heterocycles. The number of aliphatic hydroxyl groups excluding tert-OH is 1. The smallest absolute Gasteiger partial charge is 0.315 e. The van der Waals surface area contributed by atoms with Crippen LogP contribution in [-0.4, -0.2) is 40.9 Å². The van der Waals surface area contributed by atoms with Gasteiger partial charge in [-0.05, 0) is 43.2 Å². The molecule has 0 bridgehead atoms. The summed E-state index contributed by atoms with van der Waals surface area (Å²) in [6.07, 6.45) is -0.562. The van der Waals surface area contributed by atoms with E-state index in [1.807, 2.05) is 54.6 Å². The first-order chi connectivity index (χ1) is 13.5. The van der Waals surface area contributed by atoms with E-state index >= 15 is 0 Å². The zero-order valence-electron chi connectivity index (χ0n) is 15.5. The third-order valence-corrected chi connectivity index (χ3v) is 3.94. The fourth-order valence-corrected chi connectivity index (χ4v) is 2.41. The van der Waals surface area contributed by atoms with Crippen molar-refractivity contribution in [3.8, 4) is 11.8 Å². The number of rotatable bonds is 6. The van der Waals surface area contributed by atoms with Gasteiger partial charge < -0.3 is 15.7 Å². The maximum Gasteiger partial charge on any atom is 0.315 e.